The van der Waals surface area contributed by atoms with Crippen LogP contribution in [0.25, 0.3) is 0 Å². The van der Waals surface area contributed by atoms with Gasteiger partial charge >= 0.3 is 0 Å². The molecule has 1 aromatic heterocycles. The molecular formula is C22H27N3O2S2. The summed E-state index contributed by atoms with van der Waals surface area (Å²) in [6.07, 6.45) is 3.40. The number of anilines is 1. The van der Waals surface area contributed by atoms with Gasteiger partial charge in [0.15, 0.2) is 0 Å². The van der Waals surface area contributed by atoms with Crippen molar-refractivity contribution in [3.8, 4) is 0 Å². The third-order valence-corrected chi connectivity index (χ3v) is 7.68. The molecule has 1 aromatic carbocycles. The SMILES string of the molecule is CSc1ccc(N2CC(C(=O)NCC(C)N3CCc4sccc4C3)CC2=O)cc1. The summed E-state index contributed by atoms with van der Waals surface area (Å²) in [6, 6.07) is 10.4. The molecule has 0 saturated carbocycles. The van der Waals surface area contributed by atoms with Gasteiger partial charge in [-0.3, -0.25) is 14.5 Å². The molecule has 29 heavy (non-hydrogen) atoms. The van der Waals surface area contributed by atoms with E-state index < -0.39 is 0 Å². The number of thiophene rings is 1. The summed E-state index contributed by atoms with van der Waals surface area (Å²) in [7, 11) is 0. The molecule has 1 saturated heterocycles. The van der Waals surface area contributed by atoms with Crippen LogP contribution in [-0.4, -0.2) is 48.6 Å². The van der Waals surface area contributed by atoms with Gasteiger partial charge in [0.05, 0.1) is 5.92 Å². The van der Waals surface area contributed by atoms with Crippen LogP contribution in [0.3, 0.4) is 0 Å². The first-order chi connectivity index (χ1) is 14.0. The first kappa shape index (κ1) is 20.4. The van der Waals surface area contributed by atoms with Crippen molar-refractivity contribution in [3.05, 3.63) is 46.2 Å². The zero-order valence-electron chi connectivity index (χ0n) is 16.9. The first-order valence-corrected chi connectivity index (χ1v) is 12.2. The molecule has 4 rings (SSSR count). The van der Waals surface area contributed by atoms with Gasteiger partial charge in [-0.05, 0) is 60.9 Å². The van der Waals surface area contributed by atoms with Crippen molar-refractivity contribution in [2.24, 2.45) is 5.92 Å². The molecule has 0 bridgehead atoms. The van der Waals surface area contributed by atoms with E-state index in [0.717, 1.165) is 30.1 Å². The van der Waals surface area contributed by atoms with E-state index in [0.29, 0.717) is 13.1 Å². The highest BCUT2D eigenvalue weighted by atomic mass is 32.2. The van der Waals surface area contributed by atoms with Crippen molar-refractivity contribution < 1.29 is 9.59 Å². The Morgan fingerprint density at radius 1 is 1.31 bits per heavy atom. The Kier molecular flexibility index (Phi) is 6.27. The highest BCUT2D eigenvalue weighted by Crippen LogP contribution is 2.28. The summed E-state index contributed by atoms with van der Waals surface area (Å²) < 4.78 is 0. The number of thioether (sulfide) groups is 1. The summed E-state index contributed by atoms with van der Waals surface area (Å²) in [6.45, 7) is 5.23. The number of hydrogen-bond donors (Lipinski definition) is 1. The third kappa shape index (κ3) is 4.52. The predicted octanol–water partition coefficient (Wildman–Crippen LogP) is 3.39. The van der Waals surface area contributed by atoms with E-state index in [9.17, 15) is 9.59 Å². The number of nitrogens with zero attached hydrogens (tertiary/aromatic N) is 2. The molecule has 2 aliphatic heterocycles. The van der Waals surface area contributed by atoms with E-state index >= 15 is 0 Å². The van der Waals surface area contributed by atoms with Crippen molar-refractivity contribution in [3.63, 3.8) is 0 Å². The lowest BCUT2D eigenvalue weighted by Crippen LogP contribution is -2.45. The molecule has 7 heteroatoms. The van der Waals surface area contributed by atoms with Crippen LogP contribution in [0.15, 0.2) is 40.6 Å². The minimum Gasteiger partial charge on any atom is -0.354 e. The van der Waals surface area contributed by atoms with Crippen molar-refractivity contribution in [2.45, 2.75) is 37.2 Å². The van der Waals surface area contributed by atoms with E-state index in [2.05, 4.69) is 28.6 Å². The molecule has 0 radical (unpaired) electrons. The number of carbonyl (C=O) groups excluding carboxylic acids is 2. The molecule has 2 amide bonds. The normalized spacial score (nSPS) is 20.6. The van der Waals surface area contributed by atoms with Gasteiger partial charge in [0.25, 0.3) is 0 Å². The van der Waals surface area contributed by atoms with Crippen LogP contribution >= 0.6 is 23.1 Å². The van der Waals surface area contributed by atoms with Crippen LogP contribution in [0.2, 0.25) is 0 Å². The average Bonchev–Trinajstić information content (AvgIpc) is 3.37. The largest absolute Gasteiger partial charge is 0.354 e. The van der Waals surface area contributed by atoms with Crippen LogP contribution < -0.4 is 10.2 Å². The Labute approximate surface area is 180 Å². The fourth-order valence-corrected chi connectivity index (χ4v) is 5.36. The summed E-state index contributed by atoms with van der Waals surface area (Å²) in [5.41, 5.74) is 2.29. The Morgan fingerprint density at radius 3 is 2.86 bits per heavy atom. The highest BCUT2D eigenvalue weighted by Gasteiger charge is 2.35. The summed E-state index contributed by atoms with van der Waals surface area (Å²) in [5, 5.41) is 5.25. The Hall–Kier alpha value is -1.83. The fraction of sp³-hybridized carbons (Fsp3) is 0.455. The predicted molar refractivity (Wildman–Crippen MR) is 120 cm³/mol. The first-order valence-electron chi connectivity index (χ1n) is 10.1. The number of nitrogens with one attached hydrogen (secondary N) is 1. The third-order valence-electron chi connectivity index (χ3n) is 5.91. The van der Waals surface area contributed by atoms with Crippen LogP contribution in [0.4, 0.5) is 5.69 Å². The highest BCUT2D eigenvalue weighted by molar-refractivity contribution is 7.98. The molecular weight excluding hydrogens is 402 g/mol. The lowest BCUT2D eigenvalue weighted by Gasteiger charge is -2.32. The van der Waals surface area contributed by atoms with Crippen LogP contribution in [0, 0.1) is 5.92 Å². The van der Waals surface area contributed by atoms with Gasteiger partial charge in [0.1, 0.15) is 0 Å². The zero-order chi connectivity index (χ0) is 20.4. The van der Waals surface area contributed by atoms with Crippen LogP contribution in [-0.2, 0) is 22.6 Å². The lowest BCUT2D eigenvalue weighted by molar-refractivity contribution is -0.126. The van der Waals surface area contributed by atoms with E-state index in [-0.39, 0.29) is 30.2 Å². The molecule has 0 aliphatic carbocycles. The average molecular weight is 430 g/mol. The van der Waals surface area contributed by atoms with E-state index in [1.165, 1.54) is 10.4 Å². The Bertz CT molecular complexity index is 880. The topological polar surface area (TPSA) is 52.7 Å². The number of rotatable bonds is 6. The van der Waals surface area contributed by atoms with Crippen LogP contribution in [0.1, 0.15) is 23.8 Å². The Balaban J connectivity index is 1.29. The maximum atomic E-state index is 12.7. The number of carbonyl (C=O) groups is 2. The van der Waals surface area contributed by atoms with E-state index in [4.69, 9.17) is 0 Å². The second-order valence-corrected chi connectivity index (χ2v) is 9.67. The minimum absolute atomic E-state index is 0.0123. The second kappa shape index (κ2) is 8.90. The zero-order valence-corrected chi connectivity index (χ0v) is 18.5. The molecule has 154 valence electrons. The molecule has 3 heterocycles. The van der Waals surface area contributed by atoms with Gasteiger partial charge < -0.3 is 10.2 Å². The fourth-order valence-electron chi connectivity index (χ4n) is 4.06. The van der Waals surface area contributed by atoms with Crippen molar-refractivity contribution in [1.29, 1.82) is 0 Å². The van der Waals surface area contributed by atoms with Crippen molar-refractivity contribution in [2.75, 3.05) is 30.8 Å². The maximum absolute atomic E-state index is 12.7. The number of hydrogen-bond acceptors (Lipinski definition) is 5. The number of fused-ring (bicyclic) bond motifs is 1. The van der Waals surface area contributed by atoms with Gasteiger partial charge in [-0.1, -0.05) is 0 Å². The van der Waals surface area contributed by atoms with Gasteiger partial charge in [-0.25, -0.2) is 0 Å². The number of benzene rings is 1. The standard InChI is InChI=1S/C22H27N3O2S2/c1-15(24-9-7-20-16(13-24)8-10-29-20)12-23-22(27)17-11-21(26)25(14-17)18-3-5-19(28-2)6-4-18/h3-6,8,10,15,17H,7,9,11-14H2,1-2H3,(H,23,27). The van der Waals surface area contributed by atoms with Gasteiger partial charge in [-0.2, -0.15) is 0 Å². The van der Waals surface area contributed by atoms with Gasteiger partial charge in [0.2, 0.25) is 11.8 Å². The van der Waals surface area contributed by atoms with Gasteiger partial charge in [-0.15, -0.1) is 23.1 Å². The molecule has 0 spiro atoms. The summed E-state index contributed by atoms with van der Waals surface area (Å²) >= 11 is 3.51. The minimum atomic E-state index is -0.278. The maximum Gasteiger partial charge on any atom is 0.227 e. The van der Waals surface area contributed by atoms with Crippen LogP contribution in [0.5, 0.6) is 0 Å². The molecule has 2 aromatic rings. The molecule has 2 unspecified atom stereocenters. The van der Waals surface area contributed by atoms with Crippen molar-refractivity contribution >= 4 is 40.6 Å². The smallest absolute Gasteiger partial charge is 0.227 e. The number of amides is 2. The molecule has 1 fully saturated rings. The Morgan fingerprint density at radius 2 is 2.10 bits per heavy atom. The molecule has 5 nitrogen and oxygen atoms in total. The van der Waals surface area contributed by atoms with Crippen molar-refractivity contribution in [1.82, 2.24) is 10.2 Å². The summed E-state index contributed by atoms with van der Waals surface area (Å²) in [5.74, 6) is -0.266. The quantitative estimate of drug-likeness (QED) is 0.716. The lowest BCUT2D eigenvalue weighted by atomic mass is 10.1. The van der Waals surface area contributed by atoms with Gasteiger partial charge in [0, 0.05) is 54.1 Å². The summed E-state index contributed by atoms with van der Waals surface area (Å²) in [4.78, 5) is 32.0. The molecule has 2 atom stereocenters. The van der Waals surface area contributed by atoms with E-state index in [1.54, 1.807) is 16.7 Å². The second-order valence-electron chi connectivity index (χ2n) is 7.79. The van der Waals surface area contributed by atoms with E-state index in [1.807, 2.05) is 41.9 Å². The molecule has 2 aliphatic rings. The monoisotopic (exact) mass is 429 g/mol. The molecule has 1 N–H and O–H groups in total.